The first kappa shape index (κ1) is 21.5. The lowest BCUT2D eigenvalue weighted by Crippen LogP contribution is -2.45. The van der Waals surface area contributed by atoms with Gasteiger partial charge in [-0.05, 0) is 69.4 Å². The van der Waals surface area contributed by atoms with Gasteiger partial charge in [0.05, 0.1) is 17.2 Å². The number of benzene rings is 1. The smallest absolute Gasteiger partial charge is 0.416 e. The van der Waals surface area contributed by atoms with E-state index in [2.05, 4.69) is 0 Å². The zero-order valence-electron chi connectivity index (χ0n) is 16.1. The van der Waals surface area contributed by atoms with Gasteiger partial charge in [0.1, 0.15) is 5.60 Å². The number of ether oxygens (including phenoxy) is 1. The Morgan fingerprint density at radius 2 is 1.52 bits per heavy atom. The van der Waals surface area contributed by atoms with Crippen LogP contribution in [0.5, 0.6) is 0 Å². The summed E-state index contributed by atoms with van der Waals surface area (Å²) in [4.78, 5) is 14.0. The molecule has 1 amide bonds. The molecule has 160 valence electrons. The number of carbonyl (C=O) groups is 1. The van der Waals surface area contributed by atoms with Gasteiger partial charge in [-0.15, -0.1) is 0 Å². The highest BCUT2D eigenvalue weighted by Crippen LogP contribution is 2.42. The van der Waals surface area contributed by atoms with Gasteiger partial charge in [-0.25, -0.2) is 4.79 Å². The topological polar surface area (TPSA) is 29.5 Å². The van der Waals surface area contributed by atoms with Crippen LogP contribution < -0.4 is 0 Å². The van der Waals surface area contributed by atoms with Crippen LogP contribution in [0.1, 0.15) is 56.7 Å². The van der Waals surface area contributed by atoms with Crippen LogP contribution in [0.25, 0.3) is 5.57 Å². The summed E-state index contributed by atoms with van der Waals surface area (Å²) in [7, 11) is 0. The van der Waals surface area contributed by atoms with E-state index in [0.29, 0.717) is 18.4 Å². The molecule has 2 unspecified atom stereocenters. The summed E-state index contributed by atoms with van der Waals surface area (Å²) in [5.74, 6) is 0. The number of fused-ring (bicyclic) bond motifs is 2. The lowest BCUT2D eigenvalue weighted by molar-refractivity contribution is -0.143. The molecule has 2 bridgehead atoms. The summed E-state index contributed by atoms with van der Waals surface area (Å²) in [5.41, 5.74) is -3.12. The molecule has 0 aromatic heterocycles. The van der Waals surface area contributed by atoms with Crippen molar-refractivity contribution in [2.24, 2.45) is 0 Å². The maximum absolute atomic E-state index is 13.1. The molecule has 1 aromatic carbocycles. The van der Waals surface area contributed by atoms with E-state index in [1.54, 1.807) is 26.8 Å². The van der Waals surface area contributed by atoms with Gasteiger partial charge in [-0.1, -0.05) is 6.08 Å². The van der Waals surface area contributed by atoms with E-state index in [4.69, 9.17) is 4.74 Å². The number of alkyl halides is 6. The summed E-state index contributed by atoms with van der Waals surface area (Å²) >= 11 is 0. The number of rotatable bonds is 1. The maximum Gasteiger partial charge on any atom is 0.416 e. The molecular formula is C20H21F6NO2. The van der Waals surface area contributed by atoms with E-state index in [1.807, 2.05) is 0 Å². The number of hydrogen-bond acceptors (Lipinski definition) is 2. The van der Waals surface area contributed by atoms with E-state index in [9.17, 15) is 31.1 Å². The Morgan fingerprint density at radius 3 is 1.97 bits per heavy atom. The minimum absolute atomic E-state index is 0.118. The Hall–Kier alpha value is -2.19. The number of hydrogen-bond donors (Lipinski definition) is 0. The summed E-state index contributed by atoms with van der Waals surface area (Å²) in [6.07, 6.45) is -7.37. The Bertz CT molecular complexity index is 803. The first-order valence-corrected chi connectivity index (χ1v) is 9.17. The second kappa shape index (κ2) is 6.95. The quantitative estimate of drug-likeness (QED) is 0.500. The van der Waals surface area contributed by atoms with Crippen molar-refractivity contribution in [1.82, 2.24) is 4.90 Å². The molecule has 3 rings (SSSR count). The van der Waals surface area contributed by atoms with Gasteiger partial charge >= 0.3 is 18.4 Å². The summed E-state index contributed by atoms with van der Waals surface area (Å²) in [5, 5.41) is 0. The monoisotopic (exact) mass is 421 g/mol. The Balaban J connectivity index is 1.96. The number of halogens is 6. The predicted octanol–water partition coefficient (Wildman–Crippen LogP) is 6.28. The van der Waals surface area contributed by atoms with Crippen LogP contribution in [0.2, 0.25) is 0 Å². The van der Waals surface area contributed by atoms with E-state index in [-0.39, 0.29) is 24.1 Å². The third kappa shape index (κ3) is 4.70. The predicted molar refractivity (Wildman–Crippen MR) is 93.9 cm³/mol. The standard InChI is InChI=1S/C20H21F6NO2/c1-18(2,3)29-17(28)27-15-4-5-16(27)9-12(8-15)11-6-13(19(21,22)23)10-14(7-11)20(24,25)26/h6-8,10,15-16H,4-5,9H2,1-3H3. The number of carbonyl (C=O) groups excluding carboxylic acids is 1. The van der Waals surface area contributed by atoms with Crippen molar-refractivity contribution < 1.29 is 35.9 Å². The van der Waals surface area contributed by atoms with Crippen LogP contribution in [0.3, 0.4) is 0 Å². The van der Waals surface area contributed by atoms with Gasteiger partial charge in [0.25, 0.3) is 0 Å². The van der Waals surface area contributed by atoms with Crippen molar-refractivity contribution in [3.8, 4) is 0 Å². The second-order valence-electron chi connectivity index (χ2n) is 8.38. The third-order valence-corrected chi connectivity index (χ3v) is 4.96. The first-order valence-electron chi connectivity index (χ1n) is 9.17. The molecule has 2 aliphatic heterocycles. The van der Waals surface area contributed by atoms with Crippen molar-refractivity contribution >= 4 is 11.7 Å². The van der Waals surface area contributed by atoms with Crippen LogP contribution in [0.4, 0.5) is 31.1 Å². The van der Waals surface area contributed by atoms with Gasteiger partial charge in [0.2, 0.25) is 0 Å². The van der Waals surface area contributed by atoms with Crippen LogP contribution in [0, 0.1) is 0 Å². The van der Waals surface area contributed by atoms with Crippen LogP contribution >= 0.6 is 0 Å². The van der Waals surface area contributed by atoms with Gasteiger partial charge < -0.3 is 4.74 Å². The van der Waals surface area contributed by atoms with Gasteiger partial charge in [0.15, 0.2) is 0 Å². The van der Waals surface area contributed by atoms with Crippen LogP contribution in [-0.4, -0.2) is 28.7 Å². The van der Waals surface area contributed by atoms with Crippen LogP contribution in [0.15, 0.2) is 24.3 Å². The second-order valence-corrected chi connectivity index (χ2v) is 8.38. The molecule has 1 aromatic rings. The van der Waals surface area contributed by atoms with E-state index in [1.165, 1.54) is 4.90 Å². The molecule has 0 radical (unpaired) electrons. The zero-order chi connectivity index (χ0) is 21.8. The average Bonchev–Trinajstić information content (AvgIpc) is 2.81. The molecule has 3 nitrogen and oxygen atoms in total. The lowest BCUT2D eigenvalue weighted by atomic mass is 9.92. The number of nitrogens with zero attached hydrogens (tertiary/aromatic N) is 1. The lowest BCUT2D eigenvalue weighted by Gasteiger charge is -2.35. The Labute approximate surface area is 164 Å². The van der Waals surface area contributed by atoms with Gasteiger partial charge in [-0.3, -0.25) is 4.90 Å². The fourth-order valence-electron chi connectivity index (χ4n) is 3.78. The minimum Gasteiger partial charge on any atom is -0.444 e. The highest BCUT2D eigenvalue weighted by Gasteiger charge is 2.43. The van der Waals surface area contributed by atoms with Crippen molar-refractivity contribution in [2.75, 3.05) is 0 Å². The molecule has 29 heavy (non-hydrogen) atoms. The van der Waals surface area contributed by atoms with E-state index >= 15 is 0 Å². The van der Waals surface area contributed by atoms with Crippen molar-refractivity contribution in [1.29, 1.82) is 0 Å². The fourth-order valence-corrected chi connectivity index (χ4v) is 3.78. The Kier molecular flexibility index (Phi) is 5.16. The molecule has 2 atom stereocenters. The maximum atomic E-state index is 13.1. The molecule has 0 saturated carbocycles. The summed E-state index contributed by atoms with van der Waals surface area (Å²) < 4.78 is 84.2. The minimum atomic E-state index is -4.90. The zero-order valence-corrected chi connectivity index (χ0v) is 16.1. The first-order chi connectivity index (χ1) is 13.1. The van der Waals surface area contributed by atoms with Gasteiger partial charge in [0, 0.05) is 6.04 Å². The SMILES string of the molecule is CC(C)(C)OC(=O)N1C2C=C(c3cc(C(F)(F)F)cc(C(F)(F)F)c3)CC1CC2. The highest BCUT2D eigenvalue weighted by atomic mass is 19.4. The van der Waals surface area contributed by atoms with Gasteiger partial charge in [-0.2, -0.15) is 26.3 Å². The van der Waals surface area contributed by atoms with Crippen molar-refractivity contribution in [3.63, 3.8) is 0 Å². The normalized spacial score (nSPS) is 22.5. The average molecular weight is 421 g/mol. The molecule has 0 spiro atoms. The molecule has 1 fully saturated rings. The third-order valence-electron chi connectivity index (χ3n) is 4.96. The molecular weight excluding hydrogens is 400 g/mol. The fraction of sp³-hybridized carbons (Fsp3) is 0.550. The molecule has 0 aliphatic carbocycles. The number of amides is 1. The molecule has 2 aliphatic rings. The summed E-state index contributed by atoms with van der Waals surface area (Å²) in [6.45, 7) is 5.16. The largest absolute Gasteiger partial charge is 0.444 e. The van der Waals surface area contributed by atoms with Crippen LogP contribution in [-0.2, 0) is 17.1 Å². The molecule has 0 N–H and O–H groups in total. The van der Waals surface area contributed by atoms with Crippen molar-refractivity contribution in [3.05, 3.63) is 41.0 Å². The van der Waals surface area contributed by atoms with E-state index < -0.39 is 41.2 Å². The Morgan fingerprint density at radius 1 is 0.966 bits per heavy atom. The molecule has 2 heterocycles. The van der Waals surface area contributed by atoms with E-state index in [0.717, 1.165) is 12.1 Å². The molecule has 9 heteroatoms. The summed E-state index contributed by atoms with van der Waals surface area (Å²) in [6, 6.07) is 0.864. The molecule has 1 saturated heterocycles. The highest BCUT2D eigenvalue weighted by molar-refractivity contribution is 5.75. The van der Waals surface area contributed by atoms with Crippen molar-refractivity contribution in [2.45, 2.75) is 70.1 Å².